The monoisotopic (exact) mass is 359 g/mol. The molecule has 7 heteroatoms. The van der Waals surface area contributed by atoms with Crippen LogP contribution in [0.1, 0.15) is 44.0 Å². The highest BCUT2D eigenvalue weighted by Gasteiger charge is 2.23. The van der Waals surface area contributed by atoms with Crippen LogP contribution in [-0.4, -0.2) is 38.7 Å². The molecule has 0 unspecified atom stereocenters. The number of benzene rings is 1. The van der Waals surface area contributed by atoms with Crippen LogP contribution in [-0.2, 0) is 24.3 Å². The van der Waals surface area contributed by atoms with Crippen LogP contribution in [0.5, 0.6) is 0 Å². The third kappa shape index (κ3) is 4.27. The topological polar surface area (TPSA) is 63.1 Å². The van der Waals surface area contributed by atoms with Crippen molar-refractivity contribution in [2.45, 2.75) is 46.3 Å². The number of nitrogens with one attached hydrogen (secondary N) is 1. The lowest BCUT2D eigenvalue weighted by Gasteiger charge is -2.20. The molecule has 26 heavy (non-hydrogen) atoms. The summed E-state index contributed by atoms with van der Waals surface area (Å²) in [6, 6.07) is 6.48. The lowest BCUT2D eigenvalue weighted by Crippen LogP contribution is -2.32. The van der Waals surface area contributed by atoms with Crippen LogP contribution in [0.15, 0.2) is 24.3 Å². The van der Waals surface area contributed by atoms with E-state index < -0.39 is 0 Å². The second-order valence-corrected chi connectivity index (χ2v) is 7.16. The van der Waals surface area contributed by atoms with Crippen LogP contribution < -0.4 is 5.32 Å². The summed E-state index contributed by atoms with van der Waals surface area (Å²) in [4.78, 5) is 14.3. The normalized spacial score (nSPS) is 16.2. The maximum atomic E-state index is 13.1. The molecule has 2 aromatic rings. The smallest absolute Gasteiger partial charge is 0.223 e. The van der Waals surface area contributed by atoms with E-state index in [-0.39, 0.29) is 23.7 Å². The van der Waals surface area contributed by atoms with Crippen molar-refractivity contribution in [1.29, 1.82) is 0 Å². The molecule has 3 rings (SSSR count). The Balaban J connectivity index is 1.65. The number of aromatic nitrogens is 3. The molecule has 0 saturated carbocycles. The number of amides is 1. The van der Waals surface area contributed by atoms with E-state index in [1.54, 1.807) is 0 Å². The molecule has 6 nitrogen and oxygen atoms in total. The van der Waals surface area contributed by atoms with Crippen LogP contribution in [0.25, 0.3) is 0 Å². The van der Waals surface area contributed by atoms with Gasteiger partial charge < -0.3 is 9.88 Å². The summed E-state index contributed by atoms with van der Waals surface area (Å²) >= 11 is 0. The Morgan fingerprint density at radius 3 is 2.58 bits per heavy atom. The van der Waals surface area contributed by atoms with Crippen LogP contribution in [0.4, 0.5) is 4.39 Å². The van der Waals surface area contributed by atoms with E-state index in [1.807, 2.05) is 32.9 Å². The van der Waals surface area contributed by atoms with Crippen LogP contribution in [0, 0.1) is 11.7 Å². The van der Waals surface area contributed by atoms with E-state index in [0.717, 1.165) is 49.8 Å². The first-order chi connectivity index (χ1) is 12.4. The fourth-order valence-corrected chi connectivity index (χ4v) is 3.16. The second-order valence-electron chi connectivity index (χ2n) is 7.16. The van der Waals surface area contributed by atoms with Gasteiger partial charge in [-0.15, -0.1) is 10.2 Å². The third-order valence-corrected chi connectivity index (χ3v) is 4.74. The highest BCUT2D eigenvalue weighted by molar-refractivity contribution is 5.78. The zero-order valence-electron chi connectivity index (χ0n) is 15.6. The van der Waals surface area contributed by atoms with Gasteiger partial charge in [0.25, 0.3) is 0 Å². The van der Waals surface area contributed by atoms with Gasteiger partial charge in [-0.2, -0.15) is 0 Å². The molecule has 140 valence electrons. The van der Waals surface area contributed by atoms with Crippen molar-refractivity contribution in [2.75, 3.05) is 13.1 Å². The molecule has 2 heterocycles. The zero-order chi connectivity index (χ0) is 18.7. The lowest BCUT2D eigenvalue weighted by molar-refractivity contribution is -0.124. The Bertz CT molecular complexity index is 756. The summed E-state index contributed by atoms with van der Waals surface area (Å²) in [7, 11) is 0. The van der Waals surface area contributed by atoms with Crippen LogP contribution >= 0.6 is 0 Å². The van der Waals surface area contributed by atoms with Crippen molar-refractivity contribution in [3.63, 3.8) is 0 Å². The third-order valence-electron chi connectivity index (χ3n) is 4.74. The summed E-state index contributed by atoms with van der Waals surface area (Å²) < 4.78 is 15.2. The van der Waals surface area contributed by atoms with E-state index in [4.69, 9.17) is 0 Å². The molecule has 1 aromatic heterocycles. The molecule has 1 atom stereocenters. The van der Waals surface area contributed by atoms with Gasteiger partial charge in [0.1, 0.15) is 11.6 Å². The van der Waals surface area contributed by atoms with Crippen LogP contribution in [0.3, 0.4) is 0 Å². The minimum atomic E-state index is -0.210. The number of carbonyl (C=O) groups is 1. The fourth-order valence-electron chi connectivity index (χ4n) is 3.16. The Morgan fingerprint density at radius 2 is 1.88 bits per heavy atom. The predicted octanol–water partition coefficient (Wildman–Crippen LogP) is 2.31. The van der Waals surface area contributed by atoms with E-state index in [1.165, 1.54) is 12.1 Å². The molecule has 1 aromatic carbocycles. The molecular weight excluding hydrogens is 333 g/mol. The van der Waals surface area contributed by atoms with Gasteiger partial charge in [-0.1, -0.05) is 26.0 Å². The molecule has 0 saturated heterocycles. The highest BCUT2D eigenvalue weighted by atomic mass is 19.1. The standard InChI is InChI=1S/C19H26FN5O/c1-13(2)19(26)21-14(3)18-23-22-17-8-9-24(10-11-25(17)18)12-15-4-6-16(20)7-5-15/h4-7,13-14H,8-12H2,1-3H3,(H,21,26)/t14-/m0/s1. The van der Waals surface area contributed by atoms with Crippen LogP contribution in [0.2, 0.25) is 0 Å². The summed E-state index contributed by atoms with van der Waals surface area (Å²) in [5, 5.41) is 11.6. The van der Waals surface area contributed by atoms with Gasteiger partial charge in [0.15, 0.2) is 5.82 Å². The van der Waals surface area contributed by atoms with Gasteiger partial charge in [-0.25, -0.2) is 4.39 Å². The quantitative estimate of drug-likeness (QED) is 0.890. The number of hydrogen-bond donors (Lipinski definition) is 1. The minimum absolute atomic E-state index is 0.0152. The first kappa shape index (κ1) is 18.5. The maximum Gasteiger partial charge on any atom is 0.223 e. The first-order valence-electron chi connectivity index (χ1n) is 9.13. The highest BCUT2D eigenvalue weighted by Crippen LogP contribution is 2.17. The molecule has 1 N–H and O–H groups in total. The largest absolute Gasteiger partial charge is 0.346 e. The average molecular weight is 359 g/mol. The fraction of sp³-hybridized carbons (Fsp3) is 0.526. The van der Waals surface area contributed by atoms with Crippen molar-refractivity contribution in [2.24, 2.45) is 5.92 Å². The first-order valence-corrected chi connectivity index (χ1v) is 9.13. The molecular formula is C19H26FN5O. The average Bonchev–Trinajstić information content (AvgIpc) is 2.92. The lowest BCUT2D eigenvalue weighted by atomic mass is 10.2. The van der Waals surface area contributed by atoms with Gasteiger partial charge in [-0.05, 0) is 24.6 Å². The summed E-state index contributed by atoms with van der Waals surface area (Å²) in [6.45, 7) is 8.99. The number of fused-ring (bicyclic) bond motifs is 1. The Hall–Kier alpha value is -2.28. The van der Waals surface area contributed by atoms with Crippen molar-refractivity contribution in [3.8, 4) is 0 Å². The predicted molar refractivity (Wildman–Crippen MR) is 96.8 cm³/mol. The molecule has 0 aliphatic carbocycles. The number of carbonyl (C=O) groups excluding carboxylic acids is 1. The molecule has 0 bridgehead atoms. The van der Waals surface area contributed by atoms with E-state index in [0.29, 0.717) is 0 Å². The van der Waals surface area contributed by atoms with Gasteiger partial charge in [0, 0.05) is 38.5 Å². The number of nitrogens with zero attached hydrogens (tertiary/aromatic N) is 4. The molecule has 0 fully saturated rings. The number of rotatable bonds is 5. The Morgan fingerprint density at radius 1 is 1.15 bits per heavy atom. The molecule has 1 aliphatic heterocycles. The maximum absolute atomic E-state index is 13.1. The van der Waals surface area contributed by atoms with Gasteiger partial charge in [0.2, 0.25) is 5.91 Å². The SMILES string of the molecule is CC(C)C(=O)N[C@@H](C)c1nnc2n1CCN(Cc1ccc(F)cc1)CC2. The van der Waals surface area contributed by atoms with Gasteiger partial charge in [0.05, 0.1) is 6.04 Å². The summed E-state index contributed by atoms with van der Waals surface area (Å²) in [5.74, 6) is 1.50. The molecule has 1 amide bonds. The minimum Gasteiger partial charge on any atom is -0.346 e. The zero-order valence-corrected chi connectivity index (χ0v) is 15.6. The Kier molecular flexibility index (Phi) is 5.66. The van der Waals surface area contributed by atoms with Crippen molar-refractivity contribution >= 4 is 5.91 Å². The van der Waals surface area contributed by atoms with E-state index >= 15 is 0 Å². The summed E-state index contributed by atoms with van der Waals surface area (Å²) in [5.41, 5.74) is 1.10. The summed E-state index contributed by atoms with van der Waals surface area (Å²) in [6.07, 6.45) is 0.805. The van der Waals surface area contributed by atoms with Gasteiger partial charge >= 0.3 is 0 Å². The Labute approximate surface area is 153 Å². The van der Waals surface area contributed by atoms with Crippen molar-refractivity contribution < 1.29 is 9.18 Å². The van der Waals surface area contributed by atoms with Crippen molar-refractivity contribution in [1.82, 2.24) is 25.0 Å². The van der Waals surface area contributed by atoms with E-state index in [9.17, 15) is 9.18 Å². The van der Waals surface area contributed by atoms with Gasteiger partial charge in [-0.3, -0.25) is 9.69 Å². The molecule has 0 radical (unpaired) electrons. The van der Waals surface area contributed by atoms with Crippen molar-refractivity contribution in [3.05, 3.63) is 47.3 Å². The number of halogens is 1. The molecule has 1 aliphatic rings. The van der Waals surface area contributed by atoms with E-state index in [2.05, 4.69) is 25.0 Å². The second kappa shape index (κ2) is 7.95. The molecule has 0 spiro atoms. The number of hydrogen-bond acceptors (Lipinski definition) is 4.